The molecule has 0 aliphatic rings. The monoisotopic (exact) mass is 512 g/mol. The molecule has 0 radical (unpaired) electrons. The number of aryl methyl sites for hydroxylation is 1. The van der Waals surface area contributed by atoms with E-state index in [1.807, 2.05) is 18.5 Å². The normalized spacial score (nSPS) is 11.8. The minimum atomic E-state index is -4.78. The van der Waals surface area contributed by atoms with Crippen LogP contribution in [0.3, 0.4) is 0 Å². The summed E-state index contributed by atoms with van der Waals surface area (Å²) in [6.45, 7) is 5.11. The van der Waals surface area contributed by atoms with Crippen LogP contribution in [0.15, 0.2) is 55.0 Å². The zero-order valence-electron chi connectivity index (χ0n) is 19.7. The molecule has 0 unspecified atom stereocenters. The highest BCUT2D eigenvalue weighted by molar-refractivity contribution is 6.03. The second kappa shape index (κ2) is 9.15. The molecule has 190 valence electrons. The van der Waals surface area contributed by atoms with Crippen molar-refractivity contribution in [2.45, 2.75) is 33.1 Å². The van der Waals surface area contributed by atoms with Crippen LogP contribution in [0, 0.1) is 12.7 Å². The molecule has 0 saturated heterocycles. The van der Waals surface area contributed by atoms with Crippen molar-refractivity contribution < 1.29 is 22.4 Å². The number of rotatable bonds is 6. The number of hydrogen-bond donors (Lipinski definition) is 1. The molecule has 1 aromatic carbocycles. The first kappa shape index (κ1) is 24.2. The summed E-state index contributed by atoms with van der Waals surface area (Å²) in [7, 11) is 0. The van der Waals surface area contributed by atoms with Crippen LogP contribution in [0.1, 0.15) is 34.4 Å². The molecule has 0 bridgehead atoms. The highest BCUT2D eigenvalue weighted by Crippen LogP contribution is 2.32. The second-order valence-corrected chi connectivity index (χ2v) is 8.28. The fourth-order valence-electron chi connectivity index (χ4n) is 3.90. The van der Waals surface area contributed by atoms with E-state index in [1.165, 1.54) is 18.3 Å². The van der Waals surface area contributed by atoms with Crippen molar-refractivity contribution in [3.05, 3.63) is 83.5 Å². The molecule has 0 spiro atoms. The molecule has 9 nitrogen and oxygen atoms in total. The number of nitrogens with one attached hydrogen (secondary N) is 1. The molecule has 13 heteroatoms. The molecular formula is C24H20F4N8O. The Kier molecular flexibility index (Phi) is 5.97. The molecule has 0 aliphatic heterocycles. The minimum Gasteiger partial charge on any atom is -0.318 e. The number of fused-ring (bicyclic) bond motifs is 1. The summed E-state index contributed by atoms with van der Waals surface area (Å²) in [6.07, 6.45) is 0.00319. The molecule has 5 rings (SSSR count). The number of nitrogens with zero attached hydrogens (tertiary/aromatic N) is 7. The van der Waals surface area contributed by atoms with E-state index in [4.69, 9.17) is 0 Å². The highest BCUT2D eigenvalue weighted by atomic mass is 19.4. The summed E-state index contributed by atoms with van der Waals surface area (Å²) in [5.41, 5.74) is 1.00. The maximum Gasteiger partial charge on any atom is 0.433 e. The quantitative estimate of drug-likeness (QED) is 0.336. The Bertz CT molecular complexity index is 1600. The van der Waals surface area contributed by atoms with E-state index in [9.17, 15) is 22.4 Å². The third-order valence-corrected chi connectivity index (χ3v) is 5.82. The van der Waals surface area contributed by atoms with Crippen LogP contribution in [-0.4, -0.2) is 40.1 Å². The van der Waals surface area contributed by atoms with Crippen LogP contribution in [-0.2, 0) is 19.3 Å². The Morgan fingerprint density at radius 3 is 2.51 bits per heavy atom. The van der Waals surface area contributed by atoms with Gasteiger partial charge in [-0.25, -0.2) is 13.9 Å². The van der Waals surface area contributed by atoms with Gasteiger partial charge in [0, 0.05) is 35.6 Å². The molecule has 1 N–H and O–H groups in total. The van der Waals surface area contributed by atoms with Gasteiger partial charge in [0.05, 0.1) is 30.3 Å². The molecular weight excluding hydrogens is 492 g/mol. The van der Waals surface area contributed by atoms with Gasteiger partial charge in [0.1, 0.15) is 5.82 Å². The molecule has 4 aromatic heterocycles. The van der Waals surface area contributed by atoms with Gasteiger partial charge in [0.25, 0.3) is 5.91 Å². The van der Waals surface area contributed by atoms with E-state index in [-0.39, 0.29) is 22.6 Å². The number of alkyl halides is 3. The van der Waals surface area contributed by atoms with Gasteiger partial charge in [0.15, 0.2) is 17.0 Å². The number of carbonyl (C=O) groups is 1. The number of hydrogen-bond acceptors (Lipinski definition) is 5. The van der Waals surface area contributed by atoms with Crippen LogP contribution in [0.25, 0.3) is 16.9 Å². The molecule has 37 heavy (non-hydrogen) atoms. The Hall–Kier alpha value is -4.55. The van der Waals surface area contributed by atoms with Crippen LogP contribution in [0.2, 0.25) is 0 Å². The summed E-state index contributed by atoms with van der Waals surface area (Å²) in [4.78, 5) is 17.0. The number of halogens is 4. The van der Waals surface area contributed by atoms with Crippen molar-refractivity contribution in [2.75, 3.05) is 5.32 Å². The highest BCUT2D eigenvalue weighted by Gasteiger charge is 2.35. The lowest BCUT2D eigenvalue weighted by atomic mass is 10.1. The van der Waals surface area contributed by atoms with Gasteiger partial charge in [-0.2, -0.15) is 28.5 Å². The lowest BCUT2D eigenvalue weighted by Crippen LogP contribution is -2.15. The van der Waals surface area contributed by atoms with E-state index in [0.717, 1.165) is 42.1 Å². The summed E-state index contributed by atoms with van der Waals surface area (Å²) in [5, 5.41) is 15.0. The molecule has 0 fully saturated rings. The van der Waals surface area contributed by atoms with Crippen LogP contribution >= 0.6 is 0 Å². The van der Waals surface area contributed by atoms with Gasteiger partial charge in [-0.15, -0.1) is 0 Å². The number of benzene rings is 1. The molecule has 1 amide bonds. The van der Waals surface area contributed by atoms with Gasteiger partial charge < -0.3 is 5.32 Å². The van der Waals surface area contributed by atoms with E-state index in [1.54, 1.807) is 17.1 Å². The summed E-state index contributed by atoms with van der Waals surface area (Å²) < 4.78 is 58.7. The first-order chi connectivity index (χ1) is 17.6. The van der Waals surface area contributed by atoms with Crippen molar-refractivity contribution in [3.63, 3.8) is 0 Å². The topological polar surface area (TPSA) is 94.9 Å². The third-order valence-electron chi connectivity index (χ3n) is 5.82. The fraction of sp³-hybridized carbons (Fsp3) is 0.208. The third kappa shape index (κ3) is 4.79. The van der Waals surface area contributed by atoms with Crippen molar-refractivity contribution in [1.82, 2.24) is 34.2 Å². The molecule has 0 saturated carbocycles. The van der Waals surface area contributed by atoms with Crippen molar-refractivity contribution in [3.8, 4) is 11.3 Å². The fourth-order valence-corrected chi connectivity index (χ4v) is 3.90. The van der Waals surface area contributed by atoms with E-state index in [2.05, 4.69) is 25.6 Å². The standard InChI is InChI=1S/C24H20F4N8O/c1-3-35-14(2)16(10-30-35)12-34-13-18(11-29-34)31-23(37)20-9-22-32-19(15-4-6-17(25)7-5-15)8-21(24(26,27)28)36(22)33-20/h4-11,13H,3,12H2,1-2H3,(H,31,37). The summed E-state index contributed by atoms with van der Waals surface area (Å²) in [5.74, 6) is -1.25. The maximum atomic E-state index is 13.8. The second-order valence-electron chi connectivity index (χ2n) is 8.28. The first-order valence-electron chi connectivity index (χ1n) is 11.2. The number of carbonyl (C=O) groups excluding carboxylic acids is 1. The van der Waals surface area contributed by atoms with Crippen molar-refractivity contribution >= 4 is 17.2 Å². The Labute approximate surface area is 207 Å². The Morgan fingerprint density at radius 2 is 1.84 bits per heavy atom. The van der Waals surface area contributed by atoms with Gasteiger partial charge in [-0.05, 0) is 44.2 Å². The zero-order valence-corrected chi connectivity index (χ0v) is 19.7. The average Bonchev–Trinajstić information content (AvgIpc) is 3.57. The van der Waals surface area contributed by atoms with Gasteiger partial charge in [-0.1, -0.05) is 0 Å². The molecule has 0 atom stereocenters. The SMILES string of the molecule is CCn1ncc(Cn2cc(NC(=O)c3cc4nc(-c5ccc(F)cc5)cc(C(F)(F)F)n4n3)cn2)c1C. The zero-order chi connectivity index (χ0) is 26.3. The lowest BCUT2D eigenvalue weighted by molar-refractivity contribution is -0.142. The smallest absolute Gasteiger partial charge is 0.318 e. The Morgan fingerprint density at radius 1 is 1.08 bits per heavy atom. The van der Waals surface area contributed by atoms with Crippen molar-refractivity contribution in [1.29, 1.82) is 0 Å². The number of amides is 1. The minimum absolute atomic E-state index is 0.0327. The Balaban J connectivity index is 1.41. The van der Waals surface area contributed by atoms with E-state index >= 15 is 0 Å². The van der Waals surface area contributed by atoms with Gasteiger partial charge in [-0.3, -0.25) is 14.2 Å². The van der Waals surface area contributed by atoms with Crippen LogP contribution in [0.4, 0.5) is 23.2 Å². The predicted molar refractivity (Wildman–Crippen MR) is 125 cm³/mol. The molecule has 5 aromatic rings. The maximum absolute atomic E-state index is 13.8. The first-order valence-corrected chi connectivity index (χ1v) is 11.2. The summed E-state index contributed by atoms with van der Waals surface area (Å²) >= 11 is 0. The largest absolute Gasteiger partial charge is 0.433 e. The van der Waals surface area contributed by atoms with E-state index in [0.29, 0.717) is 16.7 Å². The molecule has 0 aliphatic carbocycles. The van der Waals surface area contributed by atoms with Crippen LogP contribution in [0.5, 0.6) is 0 Å². The number of anilines is 1. The number of aromatic nitrogens is 7. The average molecular weight is 512 g/mol. The van der Waals surface area contributed by atoms with E-state index < -0.39 is 23.6 Å². The van der Waals surface area contributed by atoms with Gasteiger partial charge >= 0.3 is 6.18 Å². The lowest BCUT2D eigenvalue weighted by Gasteiger charge is -2.11. The van der Waals surface area contributed by atoms with Crippen molar-refractivity contribution in [2.24, 2.45) is 0 Å². The predicted octanol–water partition coefficient (Wildman–Crippen LogP) is 4.58. The van der Waals surface area contributed by atoms with Crippen LogP contribution < -0.4 is 5.32 Å². The van der Waals surface area contributed by atoms with Gasteiger partial charge in [0.2, 0.25) is 0 Å². The molecule has 4 heterocycles. The summed E-state index contributed by atoms with van der Waals surface area (Å²) in [6, 6.07) is 6.86.